The summed E-state index contributed by atoms with van der Waals surface area (Å²) in [6.07, 6.45) is 3.80. The van der Waals surface area contributed by atoms with Crippen LogP contribution in [0.25, 0.3) is 0 Å². The number of ether oxygens (including phenoxy) is 1. The Hall–Kier alpha value is -1.75. The molecule has 1 aromatic carbocycles. The number of rotatable bonds is 10. The van der Waals surface area contributed by atoms with Crippen LogP contribution in [-0.4, -0.2) is 29.8 Å². The number of carboxylic acid groups (broad SMARTS) is 1. The molecular formula is C17H24ClNO4. The molecule has 1 unspecified atom stereocenters. The first kappa shape index (κ1) is 19.3. The maximum Gasteiger partial charge on any atom is 0.407 e. The van der Waals surface area contributed by atoms with Gasteiger partial charge in [-0.15, -0.1) is 0 Å². The van der Waals surface area contributed by atoms with Crippen LogP contribution in [0.15, 0.2) is 24.3 Å². The quantitative estimate of drug-likeness (QED) is 0.630. The maximum atomic E-state index is 11.5. The van der Waals surface area contributed by atoms with Gasteiger partial charge in [-0.2, -0.15) is 0 Å². The van der Waals surface area contributed by atoms with E-state index >= 15 is 0 Å². The molecular weight excluding hydrogens is 318 g/mol. The number of aryl methyl sites for hydroxylation is 1. The van der Waals surface area contributed by atoms with Crippen molar-refractivity contribution >= 4 is 23.7 Å². The van der Waals surface area contributed by atoms with Crippen LogP contribution in [0.4, 0.5) is 4.79 Å². The molecule has 1 aromatic rings. The van der Waals surface area contributed by atoms with Crippen molar-refractivity contribution in [1.29, 1.82) is 0 Å². The van der Waals surface area contributed by atoms with Gasteiger partial charge in [0.15, 0.2) is 0 Å². The molecule has 2 N–H and O–H groups in total. The number of carbonyl (C=O) groups is 2. The van der Waals surface area contributed by atoms with Crippen LogP contribution in [0, 0.1) is 0 Å². The van der Waals surface area contributed by atoms with E-state index in [1.54, 1.807) is 0 Å². The molecule has 0 saturated heterocycles. The normalized spacial score (nSPS) is 11.7. The molecule has 0 aliphatic carbocycles. The van der Waals surface area contributed by atoms with E-state index < -0.39 is 18.1 Å². The zero-order valence-corrected chi connectivity index (χ0v) is 14.1. The van der Waals surface area contributed by atoms with Crippen molar-refractivity contribution in [1.82, 2.24) is 5.32 Å². The zero-order valence-electron chi connectivity index (χ0n) is 13.4. The Morgan fingerprint density at radius 2 is 1.91 bits per heavy atom. The van der Waals surface area contributed by atoms with E-state index in [0.29, 0.717) is 24.5 Å². The molecule has 0 radical (unpaired) electrons. The molecule has 0 bridgehead atoms. The van der Waals surface area contributed by atoms with E-state index in [0.717, 1.165) is 31.2 Å². The molecule has 128 valence electrons. The van der Waals surface area contributed by atoms with Crippen molar-refractivity contribution in [3.63, 3.8) is 0 Å². The molecule has 1 atom stereocenters. The summed E-state index contributed by atoms with van der Waals surface area (Å²) in [6, 6.07) is 6.69. The Morgan fingerprint density at radius 3 is 2.52 bits per heavy atom. The minimum Gasteiger partial charge on any atom is -0.480 e. The Labute approximate surface area is 142 Å². The highest BCUT2D eigenvalue weighted by molar-refractivity contribution is 6.30. The number of carboxylic acids is 1. The topological polar surface area (TPSA) is 75.6 Å². The van der Waals surface area contributed by atoms with Gasteiger partial charge in [-0.1, -0.05) is 43.5 Å². The van der Waals surface area contributed by atoms with Gasteiger partial charge >= 0.3 is 12.1 Å². The summed E-state index contributed by atoms with van der Waals surface area (Å²) in [4.78, 5) is 22.7. The number of aliphatic carboxylic acids is 1. The first-order valence-corrected chi connectivity index (χ1v) is 8.31. The standard InChI is InChI=1S/C17H24ClNO4/c1-2-3-12-23-17(22)19-15(16(20)21)7-5-4-6-13-8-10-14(18)11-9-13/h8-11,15H,2-7,12H2,1H3,(H,19,22)(H,20,21). The number of unbranched alkanes of at least 4 members (excludes halogenated alkanes) is 2. The maximum absolute atomic E-state index is 11.5. The highest BCUT2D eigenvalue weighted by Gasteiger charge is 2.19. The van der Waals surface area contributed by atoms with Gasteiger partial charge in [0.25, 0.3) is 0 Å². The van der Waals surface area contributed by atoms with Crippen LogP contribution in [-0.2, 0) is 16.0 Å². The smallest absolute Gasteiger partial charge is 0.407 e. The highest BCUT2D eigenvalue weighted by Crippen LogP contribution is 2.13. The average molecular weight is 342 g/mol. The van der Waals surface area contributed by atoms with Gasteiger partial charge in [0.05, 0.1) is 6.61 Å². The monoisotopic (exact) mass is 341 g/mol. The molecule has 6 heteroatoms. The lowest BCUT2D eigenvalue weighted by atomic mass is 10.0. The van der Waals surface area contributed by atoms with E-state index in [9.17, 15) is 9.59 Å². The minimum absolute atomic E-state index is 0.311. The third kappa shape index (κ3) is 8.45. The molecule has 1 amide bonds. The lowest BCUT2D eigenvalue weighted by Gasteiger charge is -2.14. The minimum atomic E-state index is -1.04. The number of alkyl carbamates (subject to hydrolysis) is 1. The van der Waals surface area contributed by atoms with Crippen LogP contribution < -0.4 is 5.32 Å². The van der Waals surface area contributed by atoms with E-state index in [2.05, 4.69) is 5.32 Å². The summed E-state index contributed by atoms with van der Waals surface area (Å²) >= 11 is 5.83. The highest BCUT2D eigenvalue weighted by atomic mass is 35.5. The predicted octanol–water partition coefficient (Wildman–Crippen LogP) is 4.03. The van der Waals surface area contributed by atoms with Crippen LogP contribution in [0.5, 0.6) is 0 Å². The van der Waals surface area contributed by atoms with Crippen LogP contribution in [0.3, 0.4) is 0 Å². The lowest BCUT2D eigenvalue weighted by molar-refractivity contribution is -0.139. The fourth-order valence-electron chi connectivity index (χ4n) is 2.08. The number of hydrogen-bond donors (Lipinski definition) is 2. The average Bonchev–Trinajstić information content (AvgIpc) is 2.52. The molecule has 0 aliphatic rings. The van der Waals surface area contributed by atoms with Crippen molar-refractivity contribution in [2.45, 2.75) is 51.5 Å². The summed E-state index contributed by atoms with van der Waals surface area (Å²) < 4.78 is 4.92. The van der Waals surface area contributed by atoms with Crippen molar-refractivity contribution < 1.29 is 19.4 Å². The lowest BCUT2D eigenvalue weighted by Crippen LogP contribution is -2.41. The molecule has 0 spiro atoms. The van der Waals surface area contributed by atoms with Crippen LogP contribution in [0.2, 0.25) is 5.02 Å². The number of hydrogen-bond acceptors (Lipinski definition) is 3. The number of halogens is 1. The Kier molecular flexibility index (Phi) is 9.14. The number of amides is 1. The largest absolute Gasteiger partial charge is 0.480 e. The molecule has 0 heterocycles. The summed E-state index contributed by atoms with van der Waals surface area (Å²) in [5.41, 5.74) is 1.16. The van der Waals surface area contributed by atoms with Gasteiger partial charge in [0.1, 0.15) is 6.04 Å². The summed E-state index contributed by atoms with van der Waals surface area (Å²) in [7, 11) is 0. The second-order valence-corrected chi connectivity index (χ2v) is 5.83. The fourth-order valence-corrected chi connectivity index (χ4v) is 2.21. The van der Waals surface area contributed by atoms with Crippen molar-refractivity contribution in [3.8, 4) is 0 Å². The van der Waals surface area contributed by atoms with Gasteiger partial charge in [-0.25, -0.2) is 9.59 Å². The molecule has 0 fully saturated rings. The Balaban J connectivity index is 2.28. The summed E-state index contributed by atoms with van der Waals surface area (Å²) in [5, 5.41) is 12.3. The third-order valence-electron chi connectivity index (χ3n) is 3.44. The second-order valence-electron chi connectivity index (χ2n) is 5.40. The van der Waals surface area contributed by atoms with Crippen LogP contribution in [0.1, 0.15) is 44.6 Å². The van der Waals surface area contributed by atoms with Crippen molar-refractivity contribution in [3.05, 3.63) is 34.9 Å². The number of carbonyl (C=O) groups excluding carboxylic acids is 1. The van der Waals surface area contributed by atoms with E-state index in [-0.39, 0.29) is 0 Å². The Bertz CT molecular complexity index is 490. The Morgan fingerprint density at radius 1 is 1.22 bits per heavy atom. The number of benzene rings is 1. The van der Waals surface area contributed by atoms with Gasteiger partial charge in [-0.05, 0) is 43.4 Å². The second kappa shape index (κ2) is 10.9. The zero-order chi connectivity index (χ0) is 17.1. The van der Waals surface area contributed by atoms with Gasteiger partial charge in [-0.3, -0.25) is 0 Å². The molecule has 5 nitrogen and oxygen atoms in total. The number of nitrogens with one attached hydrogen (secondary N) is 1. The van der Waals surface area contributed by atoms with Crippen LogP contribution >= 0.6 is 11.6 Å². The van der Waals surface area contributed by atoms with Gasteiger partial charge in [0, 0.05) is 5.02 Å². The van der Waals surface area contributed by atoms with E-state index in [4.69, 9.17) is 21.4 Å². The fraction of sp³-hybridized carbons (Fsp3) is 0.529. The van der Waals surface area contributed by atoms with Gasteiger partial charge in [0.2, 0.25) is 0 Å². The van der Waals surface area contributed by atoms with E-state index in [1.165, 1.54) is 0 Å². The molecule has 1 rings (SSSR count). The summed E-state index contributed by atoms with van der Waals surface area (Å²) in [5.74, 6) is -1.04. The third-order valence-corrected chi connectivity index (χ3v) is 3.69. The molecule has 0 aliphatic heterocycles. The predicted molar refractivity (Wildman–Crippen MR) is 89.8 cm³/mol. The molecule has 0 saturated carbocycles. The van der Waals surface area contributed by atoms with Gasteiger partial charge < -0.3 is 15.2 Å². The van der Waals surface area contributed by atoms with Crippen molar-refractivity contribution in [2.24, 2.45) is 0 Å². The van der Waals surface area contributed by atoms with Crippen molar-refractivity contribution in [2.75, 3.05) is 6.61 Å². The van der Waals surface area contributed by atoms with E-state index in [1.807, 2.05) is 31.2 Å². The first-order chi connectivity index (χ1) is 11.0. The summed E-state index contributed by atoms with van der Waals surface area (Å²) in [6.45, 7) is 2.30. The molecule has 23 heavy (non-hydrogen) atoms. The SMILES string of the molecule is CCCCOC(=O)NC(CCCCc1ccc(Cl)cc1)C(=O)O. The molecule has 0 aromatic heterocycles. The first-order valence-electron chi connectivity index (χ1n) is 7.93.